The van der Waals surface area contributed by atoms with Crippen LogP contribution in [0.25, 0.3) is 0 Å². The summed E-state index contributed by atoms with van der Waals surface area (Å²) in [6, 6.07) is 3.39. The van der Waals surface area contributed by atoms with Gasteiger partial charge in [-0.25, -0.2) is 13.8 Å². The van der Waals surface area contributed by atoms with E-state index in [2.05, 4.69) is 4.98 Å². The first-order valence-electron chi connectivity index (χ1n) is 8.29. The minimum Gasteiger partial charge on any atom is -0.484 e. The molecule has 0 saturated heterocycles. The number of halogens is 2. The monoisotopic (exact) mass is 339 g/mol. The summed E-state index contributed by atoms with van der Waals surface area (Å²) in [5, 5.41) is 0. The van der Waals surface area contributed by atoms with Crippen molar-refractivity contribution in [2.45, 2.75) is 25.7 Å². The van der Waals surface area contributed by atoms with E-state index in [1.165, 1.54) is 0 Å². The van der Waals surface area contributed by atoms with Gasteiger partial charge >= 0.3 is 5.97 Å². The van der Waals surface area contributed by atoms with Crippen molar-refractivity contribution in [3.63, 3.8) is 0 Å². The molecule has 1 heterocycles. The molecule has 0 aromatic carbocycles. The molecule has 0 amide bonds. The predicted molar refractivity (Wildman–Crippen MR) is 78.9 cm³/mol. The second-order valence-electron chi connectivity index (χ2n) is 6.60. The fraction of sp³-hybridized carbons (Fsp3) is 0.647. The van der Waals surface area contributed by atoms with E-state index >= 15 is 0 Å². The van der Waals surface area contributed by atoms with Crippen LogP contribution < -0.4 is 9.47 Å². The van der Waals surface area contributed by atoms with Gasteiger partial charge in [0.2, 0.25) is 0 Å². The second kappa shape index (κ2) is 5.29. The van der Waals surface area contributed by atoms with Crippen LogP contribution in [-0.2, 0) is 9.53 Å². The van der Waals surface area contributed by atoms with Gasteiger partial charge in [0.1, 0.15) is 18.6 Å². The second-order valence-corrected chi connectivity index (χ2v) is 6.60. The standard InChI is InChI=1S/C17H19F2NO4/c1-2-22-14-13(4-3-5-20-14)23-6-7-24-15(21)16-11-8-10(9-12(11)16)17(16,18)19/h3-5,10-12H,2,6-9H2,1H3. The third-order valence-corrected chi connectivity index (χ3v) is 5.62. The summed E-state index contributed by atoms with van der Waals surface area (Å²) >= 11 is 0. The van der Waals surface area contributed by atoms with E-state index < -0.39 is 23.2 Å². The quantitative estimate of drug-likeness (QED) is 0.565. The number of hydrogen-bond acceptors (Lipinski definition) is 5. The zero-order chi connectivity index (χ0) is 16.9. The first kappa shape index (κ1) is 15.6. The summed E-state index contributed by atoms with van der Waals surface area (Å²) in [5.41, 5.74) is -1.54. The van der Waals surface area contributed by atoms with Crippen LogP contribution in [0.5, 0.6) is 11.6 Å². The Morgan fingerprint density at radius 1 is 1.29 bits per heavy atom. The van der Waals surface area contributed by atoms with Crippen molar-refractivity contribution in [1.82, 2.24) is 4.98 Å². The fourth-order valence-corrected chi connectivity index (χ4v) is 4.65. The first-order chi connectivity index (χ1) is 11.5. The molecule has 1 aromatic rings. The van der Waals surface area contributed by atoms with E-state index in [1.54, 1.807) is 18.3 Å². The van der Waals surface area contributed by atoms with Crippen molar-refractivity contribution in [1.29, 1.82) is 0 Å². The molecule has 24 heavy (non-hydrogen) atoms. The lowest BCUT2D eigenvalue weighted by molar-refractivity contribution is -0.168. The maximum atomic E-state index is 14.3. The molecular formula is C17H19F2NO4. The van der Waals surface area contributed by atoms with Crippen molar-refractivity contribution in [2.24, 2.45) is 23.2 Å². The first-order valence-corrected chi connectivity index (χ1v) is 8.29. The SMILES string of the molecule is CCOc1ncccc1OCCOC(=O)C12C3CC(CC31)C2(F)F. The number of pyridine rings is 1. The highest BCUT2D eigenvalue weighted by molar-refractivity contribution is 5.85. The highest BCUT2D eigenvalue weighted by atomic mass is 19.3. The Labute approximate surface area is 138 Å². The largest absolute Gasteiger partial charge is 0.484 e. The lowest BCUT2D eigenvalue weighted by Gasteiger charge is -2.21. The molecule has 0 aliphatic heterocycles. The van der Waals surface area contributed by atoms with Gasteiger partial charge in [0.15, 0.2) is 5.75 Å². The Balaban J connectivity index is 1.31. The van der Waals surface area contributed by atoms with E-state index in [1.807, 2.05) is 6.92 Å². The molecule has 5 rings (SSSR count). The molecule has 1 aromatic heterocycles. The summed E-state index contributed by atoms with van der Waals surface area (Å²) in [5.74, 6) is -3.89. The van der Waals surface area contributed by atoms with Crippen molar-refractivity contribution in [2.75, 3.05) is 19.8 Å². The van der Waals surface area contributed by atoms with E-state index in [4.69, 9.17) is 14.2 Å². The van der Waals surface area contributed by atoms with Crippen molar-refractivity contribution >= 4 is 5.97 Å². The zero-order valence-corrected chi connectivity index (χ0v) is 13.3. The molecule has 4 bridgehead atoms. The van der Waals surface area contributed by atoms with Crippen LogP contribution in [0.2, 0.25) is 0 Å². The normalized spacial score (nSPS) is 34.0. The molecule has 130 valence electrons. The van der Waals surface area contributed by atoms with Crippen molar-refractivity contribution in [3.05, 3.63) is 18.3 Å². The summed E-state index contributed by atoms with van der Waals surface area (Å²) in [6.07, 6.45) is 2.49. The Morgan fingerprint density at radius 3 is 2.67 bits per heavy atom. The third-order valence-electron chi connectivity index (χ3n) is 5.62. The molecule has 2 atom stereocenters. The van der Waals surface area contributed by atoms with Gasteiger partial charge in [-0.15, -0.1) is 0 Å². The number of carbonyl (C=O) groups excluding carboxylic acids is 1. The van der Waals surface area contributed by atoms with E-state index in [-0.39, 0.29) is 25.0 Å². The Morgan fingerprint density at radius 2 is 2.04 bits per heavy atom. The van der Waals surface area contributed by atoms with Gasteiger partial charge < -0.3 is 14.2 Å². The Hall–Kier alpha value is -1.92. The average Bonchev–Trinajstić information content (AvgIpc) is 2.80. The summed E-state index contributed by atoms with van der Waals surface area (Å²) in [7, 11) is 0. The van der Waals surface area contributed by atoms with Gasteiger partial charge in [-0.3, -0.25) is 4.79 Å². The van der Waals surface area contributed by atoms with Crippen LogP contribution in [0.15, 0.2) is 18.3 Å². The summed E-state index contributed by atoms with van der Waals surface area (Å²) in [4.78, 5) is 16.3. The van der Waals surface area contributed by atoms with Crippen LogP contribution in [0.1, 0.15) is 19.8 Å². The number of ether oxygens (including phenoxy) is 3. The predicted octanol–water partition coefficient (Wildman–Crippen LogP) is 2.69. The topological polar surface area (TPSA) is 57.6 Å². The van der Waals surface area contributed by atoms with Crippen molar-refractivity contribution in [3.8, 4) is 11.6 Å². The fourth-order valence-electron chi connectivity index (χ4n) is 4.65. The number of carbonyl (C=O) groups is 1. The van der Waals surface area contributed by atoms with Crippen LogP contribution in [0.3, 0.4) is 0 Å². The molecule has 4 saturated carbocycles. The molecule has 4 aliphatic rings. The van der Waals surface area contributed by atoms with Gasteiger partial charge in [0, 0.05) is 12.1 Å². The van der Waals surface area contributed by atoms with Gasteiger partial charge in [-0.1, -0.05) is 0 Å². The Bertz CT molecular complexity index is 654. The number of aromatic nitrogens is 1. The van der Waals surface area contributed by atoms with Gasteiger partial charge in [-0.05, 0) is 43.7 Å². The van der Waals surface area contributed by atoms with Crippen molar-refractivity contribution < 1.29 is 27.8 Å². The molecule has 0 spiro atoms. The maximum Gasteiger partial charge on any atom is 0.318 e. The molecule has 4 fully saturated rings. The summed E-state index contributed by atoms with van der Waals surface area (Å²) < 4.78 is 44.5. The van der Waals surface area contributed by atoms with Crippen LogP contribution >= 0.6 is 0 Å². The molecule has 5 nitrogen and oxygen atoms in total. The van der Waals surface area contributed by atoms with E-state index in [0.29, 0.717) is 31.1 Å². The third kappa shape index (κ3) is 1.90. The highest BCUT2D eigenvalue weighted by Gasteiger charge is 2.92. The van der Waals surface area contributed by atoms with E-state index in [0.717, 1.165) is 0 Å². The molecule has 7 heteroatoms. The minimum atomic E-state index is -2.91. The number of hydrogen-bond donors (Lipinski definition) is 0. The molecule has 4 aliphatic carbocycles. The highest BCUT2D eigenvalue weighted by Crippen LogP contribution is 2.84. The number of rotatable bonds is 7. The van der Waals surface area contributed by atoms with Crippen LogP contribution in [0, 0.1) is 23.2 Å². The minimum absolute atomic E-state index is 0.0674. The van der Waals surface area contributed by atoms with E-state index in [9.17, 15) is 13.6 Å². The molecule has 2 unspecified atom stereocenters. The molecular weight excluding hydrogens is 320 g/mol. The number of nitrogens with zero attached hydrogens (tertiary/aromatic N) is 1. The smallest absolute Gasteiger partial charge is 0.318 e. The van der Waals surface area contributed by atoms with Gasteiger partial charge in [0.25, 0.3) is 11.8 Å². The lowest BCUT2D eigenvalue weighted by Crippen LogP contribution is -2.37. The zero-order valence-electron chi connectivity index (χ0n) is 13.3. The number of esters is 1. The summed E-state index contributed by atoms with van der Waals surface area (Å²) in [6.45, 7) is 2.28. The number of alkyl halides is 2. The molecule has 0 radical (unpaired) electrons. The van der Waals surface area contributed by atoms with Crippen LogP contribution in [0.4, 0.5) is 8.78 Å². The molecule has 0 N–H and O–H groups in total. The maximum absolute atomic E-state index is 14.3. The van der Waals surface area contributed by atoms with Gasteiger partial charge in [0.05, 0.1) is 6.61 Å². The Kier molecular flexibility index (Phi) is 3.44. The lowest BCUT2D eigenvalue weighted by atomic mass is 9.99. The van der Waals surface area contributed by atoms with Crippen LogP contribution in [-0.4, -0.2) is 36.7 Å². The average molecular weight is 339 g/mol. The van der Waals surface area contributed by atoms with Gasteiger partial charge in [-0.2, -0.15) is 0 Å².